The molecule has 5 heterocycles. The lowest BCUT2D eigenvalue weighted by Gasteiger charge is -2.66. The third-order valence-electron chi connectivity index (χ3n) is 12.3. The molecule has 1 aromatic rings. The van der Waals surface area contributed by atoms with E-state index in [-0.39, 0.29) is 43.2 Å². The Labute approximate surface area is 245 Å². The number of hydrogen-bond acceptors (Lipinski definition) is 10. The Balaban J connectivity index is 1.35. The lowest BCUT2D eigenvalue weighted by molar-refractivity contribution is -0.252. The first-order valence-corrected chi connectivity index (χ1v) is 15.4. The van der Waals surface area contributed by atoms with Crippen LogP contribution in [0.5, 0.6) is 0 Å². The second kappa shape index (κ2) is 8.89. The summed E-state index contributed by atoms with van der Waals surface area (Å²) >= 11 is 0. The Hall–Kier alpha value is -2.27. The maximum Gasteiger partial charge on any atom is 0.339 e. The van der Waals surface area contributed by atoms with Crippen molar-refractivity contribution in [3.05, 3.63) is 23.7 Å². The van der Waals surface area contributed by atoms with Gasteiger partial charge in [0.1, 0.15) is 30.2 Å². The van der Waals surface area contributed by atoms with Gasteiger partial charge in [0.25, 0.3) is 0 Å². The third-order valence-corrected chi connectivity index (χ3v) is 12.3. The highest BCUT2D eigenvalue weighted by Crippen LogP contribution is 2.80. The fraction of sp³-hybridized carbons (Fsp3) is 0.781. The van der Waals surface area contributed by atoms with Gasteiger partial charge < -0.3 is 33.6 Å². The van der Waals surface area contributed by atoms with E-state index in [1.165, 1.54) is 0 Å². The minimum Gasteiger partial charge on any atom is -0.469 e. The van der Waals surface area contributed by atoms with E-state index in [0.29, 0.717) is 25.0 Å². The zero-order chi connectivity index (χ0) is 30.0. The minimum absolute atomic E-state index is 0.00428. The summed E-state index contributed by atoms with van der Waals surface area (Å²) in [5, 5.41) is 22.0. The summed E-state index contributed by atoms with van der Waals surface area (Å²) in [7, 11) is 0. The first-order chi connectivity index (χ1) is 19.8. The highest BCUT2D eigenvalue weighted by molar-refractivity contribution is 5.92. The molecular weight excluding hydrogens is 544 g/mol. The number of ketones is 1. The second-order valence-electron chi connectivity index (χ2n) is 14.6. The number of rotatable bonds is 6. The molecule has 2 aliphatic carbocycles. The number of esters is 2. The summed E-state index contributed by atoms with van der Waals surface area (Å²) in [6.45, 7) is 9.74. The number of aliphatic hydroxyl groups is 2. The van der Waals surface area contributed by atoms with E-state index >= 15 is 0 Å². The Morgan fingerprint density at radius 2 is 1.86 bits per heavy atom. The van der Waals surface area contributed by atoms with Crippen LogP contribution in [0.3, 0.4) is 0 Å². The summed E-state index contributed by atoms with van der Waals surface area (Å²) in [6.07, 6.45) is 1.43. The number of fused-ring (bicyclic) bond motifs is 1. The molecule has 2 spiro atoms. The van der Waals surface area contributed by atoms with Gasteiger partial charge in [0.15, 0.2) is 11.9 Å². The molecule has 2 N–H and O–H groups in total. The van der Waals surface area contributed by atoms with Crippen molar-refractivity contribution >= 4 is 17.7 Å². The van der Waals surface area contributed by atoms with Crippen LogP contribution >= 0.6 is 0 Å². The molecule has 10 heteroatoms. The highest BCUT2D eigenvalue weighted by atomic mass is 16.7. The van der Waals surface area contributed by atoms with Crippen LogP contribution in [0.2, 0.25) is 0 Å². The van der Waals surface area contributed by atoms with E-state index in [0.717, 1.165) is 18.4 Å². The normalized spacial score (nSPS) is 47.3. The fourth-order valence-electron chi connectivity index (χ4n) is 10.7. The molecule has 0 bridgehead atoms. The van der Waals surface area contributed by atoms with Crippen LogP contribution < -0.4 is 0 Å². The summed E-state index contributed by atoms with van der Waals surface area (Å²) in [6, 6.07) is 1.82. The van der Waals surface area contributed by atoms with Crippen molar-refractivity contribution in [2.45, 2.75) is 109 Å². The van der Waals surface area contributed by atoms with Crippen molar-refractivity contribution in [1.29, 1.82) is 0 Å². The van der Waals surface area contributed by atoms with Crippen molar-refractivity contribution in [2.75, 3.05) is 13.2 Å². The maximum absolute atomic E-state index is 14.3. The van der Waals surface area contributed by atoms with E-state index in [9.17, 15) is 24.6 Å². The average Bonchev–Trinajstić information content (AvgIpc) is 3.49. The van der Waals surface area contributed by atoms with Gasteiger partial charge in [-0.2, -0.15) is 0 Å². The Kier molecular flexibility index (Phi) is 6.04. The molecule has 4 saturated heterocycles. The first-order valence-electron chi connectivity index (χ1n) is 15.4. The van der Waals surface area contributed by atoms with Gasteiger partial charge >= 0.3 is 11.9 Å². The number of Topliss-reactive ketones (excluding diaryl/α,β-unsaturated/α-hetero) is 1. The topological polar surface area (TPSA) is 145 Å². The molecule has 0 radical (unpaired) electrons. The molecule has 6 fully saturated rings. The number of ether oxygens (including phenoxy) is 4. The van der Waals surface area contributed by atoms with Gasteiger partial charge in [-0.05, 0) is 51.0 Å². The Morgan fingerprint density at radius 1 is 1.10 bits per heavy atom. The number of aliphatic hydroxyl groups excluding tert-OH is 2. The van der Waals surface area contributed by atoms with Crippen LogP contribution in [0.25, 0.3) is 0 Å². The van der Waals surface area contributed by atoms with Gasteiger partial charge in [0.05, 0.1) is 30.3 Å². The largest absolute Gasteiger partial charge is 0.469 e. The Morgan fingerprint density at radius 3 is 2.57 bits per heavy atom. The highest BCUT2D eigenvalue weighted by Gasteiger charge is 2.90. The third kappa shape index (κ3) is 3.17. The number of hydrogen-bond donors (Lipinski definition) is 2. The van der Waals surface area contributed by atoms with Crippen LogP contribution in [-0.4, -0.2) is 70.7 Å². The van der Waals surface area contributed by atoms with Gasteiger partial charge in [-0.15, -0.1) is 0 Å². The predicted molar refractivity (Wildman–Crippen MR) is 145 cm³/mol. The summed E-state index contributed by atoms with van der Waals surface area (Å²) < 4.78 is 30.7. The van der Waals surface area contributed by atoms with Crippen molar-refractivity contribution in [3.63, 3.8) is 0 Å². The van der Waals surface area contributed by atoms with Crippen LogP contribution in [0.15, 0.2) is 16.7 Å². The predicted octanol–water partition coefficient (Wildman–Crippen LogP) is 3.06. The van der Waals surface area contributed by atoms with Crippen molar-refractivity contribution in [3.8, 4) is 0 Å². The lowest BCUT2D eigenvalue weighted by atomic mass is 9.36. The smallest absolute Gasteiger partial charge is 0.339 e. The average molecular weight is 587 g/mol. The second-order valence-corrected chi connectivity index (χ2v) is 14.6. The molecule has 1 aromatic heterocycles. The summed E-state index contributed by atoms with van der Waals surface area (Å²) in [4.78, 5) is 40.4. The van der Waals surface area contributed by atoms with E-state index in [4.69, 9.17) is 23.4 Å². The fourth-order valence-corrected chi connectivity index (χ4v) is 10.7. The summed E-state index contributed by atoms with van der Waals surface area (Å²) in [5.74, 6) is -1.56. The number of carbonyl (C=O) groups excluding carboxylic acids is 3. The lowest BCUT2D eigenvalue weighted by Crippen LogP contribution is -2.76. The molecule has 42 heavy (non-hydrogen) atoms. The van der Waals surface area contributed by atoms with E-state index < -0.39 is 63.8 Å². The van der Waals surface area contributed by atoms with Crippen LogP contribution in [0.4, 0.5) is 0 Å². The molecule has 230 valence electrons. The van der Waals surface area contributed by atoms with Gasteiger partial charge in [-0.1, -0.05) is 27.2 Å². The van der Waals surface area contributed by atoms with E-state index in [1.807, 2.05) is 33.8 Å². The molecule has 6 aliphatic rings. The molecule has 10 nitrogen and oxygen atoms in total. The maximum atomic E-state index is 14.3. The quantitative estimate of drug-likeness (QED) is 0.377. The standard InChI is InChI=1S/C32H42O10/c1-6-7-16(14-33)12-18-17(9-11-38-18)25-29(4)10-8-19-30(5,32(29)26(42-32)27(37)40-25)24(36)22(35)23-28(2,3)41-20-13-21(34)39-15-31(19,20)23/h9,11,16,19-20,23-26,33,36H,6-8,10,12-15H2,1-5H3/t16-,19+,20-,23-,24+,25+,26+,29+,30-,31+,32-/m0/s1. The number of carbonyl (C=O) groups is 3. The van der Waals surface area contributed by atoms with Crippen LogP contribution in [0.1, 0.15) is 84.2 Å². The van der Waals surface area contributed by atoms with E-state index in [1.54, 1.807) is 6.26 Å². The zero-order valence-electron chi connectivity index (χ0n) is 25.0. The molecular formula is C32H42O10. The molecule has 0 amide bonds. The van der Waals surface area contributed by atoms with Crippen molar-refractivity contribution in [2.24, 2.45) is 34.0 Å². The zero-order valence-corrected chi connectivity index (χ0v) is 25.0. The van der Waals surface area contributed by atoms with Gasteiger partial charge in [-0.3, -0.25) is 9.59 Å². The molecule has 2 saturated carbocycles. The van der Waals surface area contributed by atoms with Gasteiger partial charge in [0.2, 0.25) is 0 Å². The Bertz CT molecular complexity index is 1330. The van der Waals surface area contributed by atoms with Crippen molar-refractivity contribution in [1.82, 2.24) is 0 Å². The van der Waals surface area contributed by atoms with Crippen LogP contribution in [-0.2, 0) is 39.8 Å². The van der Waals surface area contributed by atoms with Crippen molar-refractivity contribution < 1.29 is 48.0 Å². The van der Waals surface area contributed by atoms with E-state index in [2.05, 4.69) is 6.92 Å². The van der Waals surface area contributed by atoms with Gasteiger partial charge in [0, 0.05) is 34.8 Å². The monoisotopic (exact) mass is 586 g/mol. The number of furan rings is 1. The molecule has 4 aliphatic heterocycles. The van der Waals surface area contributed by atoms with Crippen LogP contribution in [0, 0.1) is 34.0 Å². The minimum atomic E-state index is -1.42. The molecule has 0 unspecified atom stereocenters. The first kappa shape index (κ1) is 28.5. The molecule has 11 atom stereocenters. The molecule has 0 aromatic carbocycles. The summed E-state index contributed by atoms with van der Waals surface area (Å²) in [5.41, 5.74) is -4.18. The SMILES string of the molecule is CCC[C@H](CO)Cc1occc1[C@H]1OC(=O)[C@H]2O[C@@]23[C@]2(C)[C@H](O)C(=O)[C@H]4C(C)(C)O[C@H]5CC(=O)OC[C@@]54[C@@H]2CC[C@]13C. The molecule has 7 rings (SSSR count). The van der Waals surface area contributed by atoms with Gasteiger partial charge in [-0.25, -0.2) is 4.79 Å². The number of cyclic esters (lactones) is 2. The number of epoxide rings is 1.